The summed E-state index contributed by atoms with van der Waals surface area (Å²) in [7, 11) is 0. The number of hydrogen-bond acceptors (Lipinski definition) is 1. The van der Waals surface area contributed by atoms with Crippen molar-refractivity contribution in [1.82, 2.24) is 0 Å². The minimum absolute atomic E-state index is 0.139. The van der Waals surface area contributed by atoms with E-state index in [1.54, 1.807) is 12.1 Å². The minimum atomic E-state index is -0.828. The second-order valence-corrected chi connectivity index (χ2v) is 6.90. The molecule has 0 aliphatic rings. The number of alkyl halides is 1. The van der Waals surface area contributed by atoms with E-state index >= 15 is 0 Å². The van der Waals surface area contributed by atoms with Gasteiger partial charge in [-0.15, -0.1) is 11.6 Å². The van der Waals surface area contributed by atoms with Crippen molar-refractivity contribution in [3.8, 4) is 0 Å². The molecule has 0 heterocycles. The average Bonchev–Trinajstić information content (AvgIpc) is 2.49. The number of unbranched alkanes of at least 4 members (excludes halogenated alkanes) is 4. The molecule has 1 rings (SSSR count). The summed E-state index contributed by atoms with van der Waals surface area (Å²) in [5.74, 6) is -0.527. The van der Waals surface area contributed by atoms with Crippen molar-refractivity contribution in [2.75, 3.05) is 0 Å². The maximum atomic E-state index is 11.5. The molecular weight excluding hydrogens is 296 g/mol. The topological polar surface area (TPSA) is 37.3 Å². The molecule has 3 heteroatoms. The Morgan fingerprint density at radius 3 is 2.41 bits per heavy atom. The first-order valence-corrected chi connectivity index (χ1v) is 8.96. The third-order valence-electron chi connectivity index (χ3n) is 4.20. The van der Waals surface area contributed by atoms with Crippen LogP contribution in [0.15, 0.2) is 24.3 Å². The first-order valence-electron chi connectivity index (χ1n) is 8.52. The van der Waals surface area contributed by atoms with E-state index in [4.69, 9.17) is 11.6 Å². The molecule has 0 bridgehead atoms. The number of halogens is 1. The fourth-order valence-electron chi connectivity index (χ4n) is 2.93. The highest BCUT2D eigenvalue weighted by Crippen LogP contribution is 2.31. The van der Waals surface area contributed by atoms with Crippen LogP contribution in [0.1, 0.15) is 87.1 Å². The molecular formula is C19H29ClO2. The lowest BCUT2D eigenvalue weighted by molar-refractivity contribution is 0.0695. The van der Waals surface area contributed by atoms with Crippen LogP contribution in [0.2, 0.25) is 0 Å². The predicted molar refractivity (Wildman–Crippen MR) is 94.1 cm³/mol. The zero-order valence-corrected chi connectivity index (χ0v) is 14.6. The van der Waals surface area contributed by atoms with E-state index in [0.717, 1.165) is 31.2 Å². The van der Waals surface area contributed by atoms with Gasteiger partial charge >= 0.3 is 5.97 Å². The first-order chi connectivity index (χ1) is 10.6. The zero-order chi connectivity index (χ0) is 16.4. The maximum absolute atomic E-state index is 11.5. The molecule has 1 aromatic carbocycles. The van der Waals surface area contributed by atoms with Gasteiger partial charge in [-0.2, -0.15) is 0 Å². The largest absolute Gasteiger partial charge is 0.478 e. The van der Waals surface area contributed by atoms with E-state index in [-0.39, 0.29) is 5.38 Å². The molecule has 1 aromatic rings. The van der Waals surface area contributed by atoms with Gasteiger partial charge in [0.1, 0.15) is 0 Å². The highest BCUT2D eigenvalue weighted by Gasteiger charge is 2.18. The minimum Gasteiger partial charge on any atom is -0.478 e. The van der Waals surface area contributed by atoms with Crippen LogP contribution < -0.4 is 0 Å². The van der Waals surface area contributed by atoms with Crippen molar-refractivity contribution in [3.63, 3.8) is 0 Å². The Morgan fingerprint density at radius 1 is 1.09 bits per heavy atom. The summed E-state index contributed by atoms with van der Waals surface area (Å²) in [6.45, 7) is 4.22. The molecule has 0 aliphatic heterocycles. The van der Waals surface area contributed by atoms with E-state index in [1.807, 2.05) is 19.1 Å². The van der Waals surface area contributed by atoms with Crippen LogP contribution in [0.3, 0.4) is 0 Å². The molecule has 124 valence electrons. The smallest absolute Gasteiger partial charge is 0.335 e. The Balaban J connectivity index is 2.74. The van der Waals surface area contributed by atoms with Gasteiger partial charge in [0.2, 0.25) is 0 Å². The third-order valence-corrected chi connectivity index (χ3v) is 4.42. The molecule has 0 radical (unpaired) electrons. The number of rotatable bonds is 11. The van der Waals surface area contributed by atoms with Crippen LogP contribution in [-0.4, -0.2) is 16.5 Å². The fraction of sp³-hybridized carbons (Fsp3) is 0.632. The lowest BCUT2D eigenvalue weighted by Crippen LogP contribution is -2.09. The van der Waals surface area contributed by atoms with Gasteiger partial charge in [0, 0.05) is 5.38 Å². The molecule has 0 saturated heterocycles. The highest BCUT2D eigenvalue weighted by molar-refractivity contribution is 6.20. The van der Waals surface area contributed by atoms with Gasteiger partial charge in [0.05, 0.1) is 5.56 Å². The molecule has 0 aliphatic carbocycles. The zero-order valence-electron chi connectivity index (χ0n) is 13.9. The van der Waals surface area contributed by atoms with Crippen LogP contribution in [0.25, 0.3) is 0 Å². The Hall–Kier alpha value is -1.02. The van der Waals surface area contributed by atoms with E-state index in [1.165, 1.54) is 25.7 Å². The van der Waals surface area contributed by atoms with Crippen LogP contribution in [0, 0.1) is 0 Å². The molecule has 1 N–H and O–H groups in total. The Kier molecular flexibility index (Phi) is 9.22. The summed E-state index contributed by atoms with van der Waals surface area (Å²) in [4.78, 5) is 11.5. The predicted octanol–water partition coefficient (Wildman–Crippen LogP) is 6.24. The quantitative estimate of drug-likeness (QED) is 0.386. The van der Waals surface area contributed by atoms with Crippen molar-refractivity contribution in [1.29, 1.82) is 0 Å². The third kappa shape index (κ3) is 6.83. The molecule has 22 heavy (non-hydrogen) atoms. The number of benzene rings is 1. The Bertz CT molecular complexity index is 443. The van der Waals surface area contributed by atoms with Gasteiger partial charge < -0.3 is 5.11 Å². The highest BCUT2D eigenvalue weighted by atomic mass is 35.5. The summed E-state index contributed by atoms with van der Waals surface area (Å²) < 4.78 is 0. The van der Waals surface area contributed by atoms with E-state index in [9.17, 15) is 9.90 Å². The molecule has 0 spiro atoms. The fourth-order valence-corrected chi connectivity index (χ4v) is 3.05. The summed E-state index contributed by atoms with van der Waals surface area (Å²) in [5, 5.41) is 9.55. The normalized spacial score (nSPS) is 13.8. The second-order valence-electron chi connectivity index (χ2n) is 6.15. The van der Waals surface area contributed by atoms with Crippen molar-refractivity contribution in [2.45, 2.75) is 76.5 Å². The van der Waals surface area contributed by atoms with Gasteiger partial charge in [-0.1, -0.05) is 57.2 Å². The lowest BCUT2D eigenvalue weighted by atomic mass is 9.86. The van der Waals surface area contributed by atoms with E-state index < -0.39 is 5.97 Å². The van der Waals surface area contributed by atoms with E-state index in [2.05, 4.69) is 6.92 Å². The molecule has 0 aromatic heterocycles. The SMILES string of the molecule is CCCCCCCC(CCC(C)Cl)c1ccccc1C(=O)O. The van der Waals surface area contributed by atoms with Crippen molar-refractivity contribution >= 4 is 17.6 Å². The number of carbonyl (C=O) groups is 1. The van der Waals surface area contributed by atoms with E-state index in [0.29, 0.717) is 11.5 Å². The van der Waals surface area contributed by atoms with Gasteiger partial charge in [-0.05, 0) is 43.7 Å². The molecule has 0 saturated carbocycles. The van der Waals surface area contributed by atoms with Crippen molar-refractivity contribution in [3.05, 3.63) is 35.4 Å². The number of hydrogen-bond donors (Lipinski definition) is 1. The standard InChI is InChI=1S/C19H29ClO2/c1-3-4-5-6-7-10-16(14-13-15(2)20)17-11-8-9-12-18(17)19(21)22/h8-9,11-12,15-16H,3-7,10,13-14H2,1-2H3,(H,21,22). The maximum Gasteiger partial charge on any atom is 0.335 e. The molecule has 2 nitrogen and oxygen atoms in total. The summed E-state index contributed by atoms with van der Waals surface area (Å²) >= 11 is 6.10. The first kappa shape index (κ1) is 19.0. The van der Waals surface area contributed by atoms with Crippen molar-refractivity contribution in [2.24, 2.45) is 0 Å². The van der Waals surface area contributed by atoms with Crippen LogP contribution in [-0.2, 0) is 0 Å². The van der Waals surface area contributed by atoms with Gasteiger partial charge in [-0.3, -0.25) is 0 Å². The van der Waals surface area contributed by atoms with Gasteiger partial charge in [0.15, 0.2) is 0 Å². The summed E-state index contributed by atoms with van der Waals surface area (Å²) in [6.07, 6.45) is 9.14. The number of aromatic carboxylic acids is 1. The van der Waals surface area contributed by atoms with Gasteiger partial charge in [-0.25, -0.2) is 4.79 Å². The molecule has 0 fully saturated rings. The Morgan fingerprint density at radius 2 is 1.77 bits per heavy atom. The Labute approximate surface area is 139 Å². The van der Waals surface area contributed by atoms with Crippen LogP contribution >= 0.6 is 11.6 Å². The van der Waals surface area contributed by atoms with Crippen LogP contribution in [0.5, 0.6) is 0 Å². The number of carboxylic acids is 1. The second kappa shape index (κ2) is 10.7. The molecule has 2 atom stereocenters. The van der Waals surface area contributed by atoms with Crippen LogP contribution in [0.4, 0.5) is 0 Å². The monoisotopic (exact) mass is 324 g/mol. The summed E-state index contributed by atoms with van der Waals surface area (Å²) in [5.41, 5.74) is 1.42. The molecule has 2 unspecified atom stereocenters. The van der Waals surface area contributed by atoms with Gasteiger partial charge in [0.25, 0.3) is 0 Å². The summed E-state index contributed by atoms with van der Waals surface area (Å²) in [6, 6.07) is 7.43. The average molecular weight is 325 g/mol. The van der Waals surface area contributed by atoms with Crippen molar-refractivity contribution < 1.29 is 9.90 Å². The lowest BCUT2D eigenvalue weighted by Gasteiger charge is -2.20. The number of carboxylic acid groups (broad SMARTS) is 1. The molecule has 0 amide bonds.